The lowest BCUT2D eigenvalue weighted by Gasteiger charge is -2.15. The molecule has 0 spiro atoms. The summed E-state index contributed by atoms with van der Waals surface area (Å²) in [7, 11) is 0. The van der Waals surface area contributed by atoms with Crippen molar-refractivity contribution in [3.63, 3.8) is 0 Å². The topological polar surface area (TPSA) is 90.7 Å². The molecule has 0 aromatic carbocycles. The number of aliphatic hydroxyl groups is 2. The van der Waals surface area contributed by atoms with Crippen molar-refractivity contribution in [1.29, 1.82) is 0 Å². The van der Waals surface area contributed by atoms with Gasteiger partial charge in [0.15, 0.2) is 6.10 Å². The number of aliphatic hydroxyl groups excluding tert-OH is 2. The zero-order valence-corrected chi connectivity index (χ0v) is 8.64. The van der Waals surface area contributed by atoms with Gasteiger partial charge >= 0.3 is 5.97 Å². The maximum Gasteiger partial charge on any atom is 0.335 e. The summed E-state index contributed by atoms with van der Waals surface area (Å²) < 4.78 is 0. The molecule has 0 saturated heterocycles. The van der Waals surface area contributed by atoms with Crippen molar-refractivity contribution in [1.82, 2.24) is 4.98 Å². The Morgan fingerprint density at radius 1 is 1.47 bits per heavy atom. The number of carbonyl (C=O) groups is 1. The lowest BCUT2D eigenvalue weighted by Crippen LogP contribution is -2.27. The van der Waals surface area contributed by atoms with Gasteiger partial charge in [-0.25, -0.2) is 9.78 Å². The van der Waals surface area contributed by atoms with Crippen LogP contribution in [0.15, 0.2) is 12.1 Å². The van der Waals surface area contributed by atoms with Crippen molar-refractivity contribution in [3.8, 4) is 0 Å². The van der Waals surface area contributed by atoms with Crippen molar-refractivity contribution in [2.45, 2.75) is 19.1 Å². The van der Waals surface area contributed by atoms with Crippen LogP contribution in [0, 0.1) is 6.92 Å². The second-order valence-electron chi connectivity index (χ2n) is 3.06. The van der Waals surface area contributed by atoms with Gasteiger partial charge in [-0.05, 0) is 13.0 Å². The summed E-state index contributed by atoms with van der Waals surface area (Å²) in [4.78, 5) is 14.3. The van der Waals surface area contributed by atoms with Crippen molar-refractivity contribution < 1.29 is 20.1 Å². The summed E-state index contributed by atoms with van der Waals surface area (Å²) in [6.07, 6.45) is -3.49. The molecule has 0 saturated carbocycles. The van der Waals surface area contributed by atoms with E-state index in [1.807, 2.05) is 0 Å². The maximum absolute atomic E-state index is 10.4. The number of hydrogen-bond donors (Lipinski definition) is 3. The molecule has 6 heteroatoms. The molecular formula is C9H10ClNO4. The van der Waals surface area contributed by atoms with Crippen LogP contribution in [-0.4, -0.2) is 32.4 Å². The van der Waals surface area contributed by atoms with Crippen LogP contribution in [0.2, 0.25) is 5.15 Å². The van der Waals surface area contributed by atoms with Crippen LogP contribution < -0.4 is 0 Å². The molecule has 1 aromatic heterocycles. The summed E-state index contributed by atoms with van der Waals surface area (Å²) in [6, 6.07) is 3.00. The highest BCUT2D eigenvalue weighted by Gasteiger charge is 2.27. The fraction of sp³-hybridized carbons (Fsp3) is 0.333. The SMILES string of the molecule is Cc1ccc(C(O)C(O)C(=O)O)c(Cl)n1. The smallest absolute Gasteiger partial charge is 0.335 e. The fourth-order valence-electron chi connectivity index (χ4n) is 1.06. The maximum atomic E-state index is 10.4. The lowest BCUT2D eigenvalue weighted by atomic mass is 10.1. The second-order valence-corrected chi connectivity index (χ2v) is 3.42. The normalized spacial score (nSPS) is 14.7. The van der Waals surface area contributed by atoms with Gasteiger partial charge < -0.3 is 15.3 Å². The zero-order valence-electron chi connectivity index (χ0n) is 7.88. The molecule has 82 valence electrons. The Kier molecular flexibility index (Phi) is 3.62. The van der Waals surface area contributed by atoms with Gasteiger partial charge in [0.1, 0.15) is 11.3 Å². The molecule has 5 nitrogen and oxygen atoms in total. The molecule has 1 rings (SSSR count). The van der Waals surface area contributed by atoms with E-state index in [0.29, 0.717) is 5.69 Å². The van der Waals surface area contributed by atoms with Crippen LogP contribution in [0.3, 0.4) is 0 Å². The number of aryl methyl sites for hydroxylation is 1. The van der Waals surface area contributed by atoms with E-state index in [9.17, 15) is 9.90 Å². The Bertz CT molecular complexity index is 382. The number of nitrogens with zero attached hydrogens (tertiary/aromatic N) is 1. The van der Waals surface area contributed by atoms with Crippen molar-refractivity contribution in [3.05, 3.63) is 28.5 Å². The fourth-order valence-corrected chi connectivity index (χ4v) is 1.37. The molecule has 1 heterocycles. The van der Waals surface area contributed by atoms with Crippen LogP contribution in [0.4, 0.5) is 0 Å². The third kappa shape index (κ3) is 2.65. The molecule has 0 aliphatic heterocycles. The van der Waals surface area contributed by atoms with E-state index in [-0.39, 0.29) is 10.7 Å². The minimum Gasteiger partial charge on any atom is -0.479 e. The Morgan fingerprint density at radius 3 is 2.53 bits per heavy atom. The van der Waals surface area contributed by atoms with Gasteiger partial charge in [-0.15, -0.1) is 0 Å². The predicted octanol–water partition coefficient (Wildman–Crippen LogP) is 0.522. The number of aromatic nitrogens is 1. The average Bonchev–Trinajstić information content (AvgIpc) is 2.15. The van der Waals surface area contributed by atoms with E-state index in [4.69, 9.17) is 21.8 Å². The molecule has 2 unspecified atom stereocenters. The van der Waals surface area contributed by atoms with E-state index in [1.165, 1.54) is 6.07 Å². The van der Waals surface area contributed by atoms with E-state index < -0.39 is 18.2 Å². The van der Waals surface area contributed by atoms with E-state index in [2.05, 4.69) is 4.98 Å². The zero-order chi connectivity index (χ0) is 11.6. The average molecular weight is 232 g/mol. The summed E-state index contributed by atoms with van der Waals surface area (Å²) in [5.41, 5.74) is 0.734. The van der Waals surface area contributed by atoms with Crippen LogP contribution in [-0.2, 0) is 4.79 Å². The molecule has 0 radical (unpaired) electrons. The van der Waals surface area contributed by atoms with Crippen molar-refractivity contribution in [2.24, 2.45) is 0 Å². The summed E-state index contributed by atoms with van der Waals surface area (Å²) in [6.45, 7) is 1.70. The van der Waals surface area contributed by atoms with Gasteiger partial charge in [0.05, 0.1) is 0 Å². The molecule has 0 aliphatic carbocycles. The van der Waals surface area contributed by atoms with Gasteiger partial charge in [-0.2, -0.15) is 0 Å². The number of carboxylic acid groups (broad SMARTS) is 1. The van der Waals surface area contributed by atoms with Crippen LogP contribution in [0.25, 0.3) is 0 Å². The third-order valence-electron chi connectivity index (χ3n) is 1.89. The Labute approximate surface area is 91.0 Å². The van der Waals surface area contributed by atoms with E-state index in [1.54, 1.807) is 13.0 Å². The molecule has 0 bridgehead atoms. The van der Waals surface area contributed by atoms with E-state index >= 15 is 0 Å². The van der Waals surface area contributed by atoms with Gasteiger partial charge in [0.25, 0.3) is 0 Å². The monoisotopic (exact) mass is 231 g/mol. The molecule has 2 atom stereocenters. The Morgan fingerprint density at radius 2 is 2.07 bits per heavy atom. The molecular weight excluding hydrogens is 222 g/mol. The van der Waals surface area contributed by atoms with Crippen LogP contribution >= 0.6 is 11.6 Å². The first-order valence-corrected chi connectivity index (χ1v) is 4.53. The predicted molar refractivity (Wildman–Crippen MR) is 52.6 cm³/mol. The van der Waals surface area contributed by atoms with Gasteiger partial charge in [0.2, 0.25) is 0 Å². The molecule has 0 fully saturated rings. The van der Waals surface area contributed by atoms with Crippen molar-refractivity contribution >= 4 is 17.6 Å². The summed E-state index contributed by atoms with van der Waals surface area (Å²) in [5.74, 6) is -1.51. The van der Waals surface area contributed by atoms with Gasteiger partial charge in [-0.1, -0.05) is 17.7 Å². The minimum atomic E-state index is -1.91. The quantitative estimate of drug-likeness (QED) is 0.660. The Hall–Kier alpha value is -1.17. The molecule has 15 heavy (non-hydrogen) atoms. The molecule has 3 N–H and O–H groups in total. The number of halogens is 1. The number of aliphatic carboxylic acids is 1. The van der Waals surface area contributed by atoms with E-state index in [0.717, 1.165) is 0 Å². The summed E-state index contributed by atoms with van der Waals surface area (Å²) in [5, 5.41) is 27.1. The molecule has 1 aromatic rings. The van der Waals surface area contributed by atoms with Gasteiger partial charge in [0, 0.05) is 11.3 Å². The molecule has 0 aliphatic rings. The second kappa shape index (κ2) is 4.57. The molecule has 0 amide bonds. The number of hydrogen-bond acceptors (Lipinski definition) is 4. The van der Waals surface area contributed by atoms with Crippen LogP contribution in [0.5, 0.6) is 0 Å². The summed E-state index contributed by atoms with van der Waals surface area (Å²) >= 11 is 5.70. The first kappa shape index (κ1) is 11.9. The van der Waals surface area contributed by atoms with Crippen molar-refractivity contribution in [2.75, 3.05) is 0 Å². The first-order chi connectivity index (χ1) is 6.93. The highest BCUT2D eigenvalue weighted by atomic mass is 35.5. The standard InChI is InChI=1S/C9H10ClNO4/c1-4-2-3-5(8(10)11-4)6(12)7(13)9(14)15/h2-3,6-7,12-13H,1H3,(H,14,15). The first-order valence-electron chi connectivity index (χ1n) is 4.15. The minimum absolute atomic E-state index is 0.0113. The Balaban J connectivity index is 3.01. The largest absolute Gasteiger partial charge is 0.479 e. The number of pyridine rings is 1. The lowest BCUT2D eigenvalue weighted by molar-refractivity contribution is -0.153. The van der Waals surface area contributed by atoms with Crippen LogP contribution in [0.1, 0.15) is 17.4 Å². The number of rotatable bonds is 3. The highest BCUT2D eigenvalue weighted by molar-refractivity contribution is 6.30. The third-order valence-corrected chi connectivity index (χ3v) is 2.19. The number of carboxylic acids is 1. The van der Waals surface area contributed by atoms with Gasteiger partial charge in [-0.3, -0.25) is 0 Å². The highest BCUT2D eigenvalue weighted by Crippen LogP contribution is 2.24.